The highest BCUT2D eigenvalue weighted by atomic mass is 79.9. The van der Waals surface area contributed by atoms with E-state index in [0.29, 0.717) is 5.75 Å². The van der Waals surface area contributed by atoms with Crippen LogP contribution in [0, 0.1) is 0 Å². The fraction of sp³-hybridized carbons (Fsp3) is 0.900. The van der Waals surface area contributed by atoms with Crippen LogP contribution in [0.2, 0.25) is 0 Å². The van der Waals surface area contributed by atoms with Crippen molar-refractivity contribution in [2.45, 2.75) is 34.9 Å². The smallest absolute Gasteiger partial charge is 0.228 e. The third-order valence-electron chi connectivity index (χ3n) is 3.36. The Balaban J connectivity index is 2.34. The molecule has 0 aliphatic carbocycles. The van der Waals surface area contributed by atoms with Crippen molar-refractivity contribution < 1.29 is 13.0 Å². The Morgan fingerprint density at radius 3 is 2.53 bits per heavy atom. The number of hydrogen-bond acceptors (Lipinski definition) is 4. The molecule has 3 nitrogen and oxygen atoms in total. The summed E-state index contributed by atoms with van der Waals surface area (Å²) in [5, 5.41) is 0.178. The minimum atomic E-state index is -2.96. The maximum absolute atomic E-state index is 11.9. The Hall–Kier alpha value is 0.800. The fourth-order valence-corrected chi connectivity index (χ4v) is 10.3. The molecule has 2 saturated heterocycles. The van der Waals surface area contributed by atoms with E-state index in [4.69, 9.17) is 0 Å². The molecule has 0 unspecified atom stereocenters. The Morgan fingerprint density at radius 2 is 2.06 bits per heavy atom. The van der Waals surface area contributed by atoms with Gasteiger partial charge in [-0.1, -0.05) is 15.9 Å². The molecule has 2 heterocycles. The van der Waals surface area contributed by atoms with Crippen LogP contribution in [0.1, 0.15) is 20.8 Å². The second-order valence-electron chi connectivity index (χ2n) is 4.48. The van der Waals surface area contributed by atoms with Crippen molar-refractivity contribution in [2.75, 3.05) is 18.8 Å². The minimum absolute atomic E-state index is 0.178. The van der Waals surface area contributed by atoms with Gasteiger partial charge in [-0.25, -0.2) is 13.0 Å². The highest BCUT2D eigenvalue weighted by Crippen LogP contribution is 2.57. The first-order valence-corrected chi connectivity index (χ1v) is 10.0. The van der Waals surface area contributed by atoms with Crippen molar-refractivity contribution in [3.63, 3.8) is 0 Å². The van der Waals surface area contributed by atoms with Crippen LogP contribution in [0.15, 0.2) is 0 Å². The molecule has 0 aromatic heterocycles. The number of hydrogen-bond donors (Lipinski definition) is 0. The van der Waals surface area contributed by atoms with Gasteiger partial charge >= 0.3 is 0 Å². The lowest BCUT2D eigenvalue weighted by Crippen LogP contribution is -2.33. The van der Waals surface area contributed by atoms with Crippen LogP contribution in [-0.2, 0) is 9.84 Å². The second kappa shape index (κ2) is 4.72. The van der Waals surface area contributed by atoms with Gasteiger partial charge in [-0.2, -0.15) is 0 Å². The van der Waals surface area contributed by atoms with Crippen molar-refractivity contribution >= 4 is 53.7 Å². The normalized spacial score (nSPS) is 39.4. The van der Waals surface area contributed by atoms with Gasteiger partial charge in [0.1, 0.15) is 17.2 Å². The Bertz CT molecular complexity index is 456. The molecular formula is C10H17BrNO2S3+. The summed E-state index contributed by atoms with van der Waals surface area (Å²) in [6.07, 6.45) is 0. The summed E-state index contributed by atoms with van der Waals surface area (Å²) < 4.78 is 26.8. The van der Waals surface area contributed by atoms with Crippen LogP contribution in [-0.4, -0.2) is 50.4 Å². The van der Waals surface area contributed by atoms with Crippen molar-refractivity contribution in [1.29, 1.82) is 0 Å². The molecule has 2 aliphatic heterocycles. The van der Waals surface area contributed by atoms with Crippen LogP contribution in [0.4, 0.5) is 0 Å². The molecule has 98 valence electrons. The van der Waals surface area contributed by atoms with E-state index >= 15 is 0 Å². The zero-order valence-electron chi connectivity index (χ0n) is 10.1. The van der Waals surface area contributed by atoms with Crippen LogP contribution >= 0.6 is 39.5 Å². The zero-order valence-corrected chi connectivity index (χ0v) is 14.2. The molecule has 2 rings (SSSR count). The van der Waals surface area contributed by atoms with Gasteiger partial charge in [-0.3, -0.25) is 0 Å². The van der Waals surface area contributed by atoms with Crippen molar-refractivity contribution in [3.8, 4) is 0 Å². The number of fused-ring (bicyclic) bond motifs is 1. The molecule has 0 saturated carbocycles. The van der Waals surface area contributed by atoms with E-state index in [2.05, 4.69) is 41.3 Å². The van der Waals surface area contributed by atoms with Gasteiger partial charge in [0.05, 0.1) is 10.5 Å². The number of rotatable bonds is 2. The minimum Gasteiger partial charge on any atom is -0.228 e. The third kappa shape index (κ3) is 2.21. The lowest BCUT2D eigenvalue weighted by atomic mass is 10.1. The molecule has 7 heteroatoms. The van der Waals surface area contributed by atoms with Gasteiger partial charge in [-0.05, 0) is 44.3 Å². The summed E-state index contributed by atoms with van der Waals surface area (Å²) in [6, 6.07) is 0. The van der Waals surface area contributed by atoms with Gasteiger partial charge < -0.3 is 0 Å². The summed E-state index contributed by atoms with van der Waals surface area (Å²) in [7, 11) is -2.96. The van der Waals surface area contributed by atoms with Gasteiger partial charge in [0.15, 0.2) is 9.84 Å². The number of sulfone groups is 1. The first kappa shape index (κ1) is 14.2. The average molecular weight is 359 g/mol. The molecule has 17 heavy (non-hydrogen) atoms. The molecule has 0 radical (unpaired) electrons. The van der Waals surface area contributed by atoms with E-state index in [1.807, 2.05) is 0 Å². The standard InChI is InChI=1S/C10H17BrNO2S3/c1-4-12(5-2)9-15-7-6-17(13,14)8(11)10(7,3)16-9/h7-8H,4-6H2,1-3H3/q+1/t7-,8-,10+/m0/s1. The molecule has 0 bridgehead atoms. The average Bonchev–Trinajstić information content (AvgIpc) is 2.64. The summed E-state index contributed by atoms with van der Waals surface area (Å²) in [5.41, 5.74) is 0. The second-order valence-corrected chi connectivity index (χ2v) is 11.0. The molecule has 2 aliphatic rings. The summed E-state index contributed by atoms with van der Waals surface area (Å²) in [5.74, 6) is 0.294. The fourth-order valence-electron chi connectivity index (χ4n) is 2.18. The molecule has 0 N–H and O–H groups in total. The largest absolute Gasteiger partial charge is 0.270 e. The van der Waals surface area contributed by atoms with E-state index in [9.17, 15) is 8.42 Å². The molecule has 0 aromatic carbocycles. The Kier molecular flexibility index (Phi) is 3.95. The van der Waals surface area contributed by atoms with E-state index < -0.39 is 14.0 Å². The predicted molar refractivity (Wildman–Crippen MR) is 80.2 cm³/mol. The third-order valence-corrected chi connectivity index (χ3v) is 12.1. The molecule has 0 spiro atoms. The van der Waals surface area contributed by atoms with Crippen molar-refractivity contribution in [1.82, 2.24) is 0 Å². The first-order valence-electron chi connectivity index (χ1n) is 5.68. The van der Waals surface area contributed by atoms with Gasteiger partial charge in [0, 0.05) is 5.25 Å². The van der Waals surface area contributed by atoms with E-state index in [1.54, 1.807) is 23.5 Å². The van der Waals surface area contributed by atoms with Gasteiger partial charge in [0.25, 0.3) is 4.38 Å². The van der Waals surface area contributed by atoms with Crippen molar-refractivity contribution in [3.05, 3.63) is 0 Å². The van der Waals surface area contributed by atoms with Crippen LogP contribution < -0.4 is 0 Å². The highest BCUT2D eigenvalue weighted by Gasteiger charge is 2.62. The quantitative estimate of drug-likeness (QED) is 0.559. The highest BCUT2D eigenvalue weighted by molar-refractivity contribution is 9.11. The lowest BCUT2D eigenvalue weighted by molar-refractivity contribution is -0.515. The Labute approximate surface area is 120 Å². The van der Waals surface area contributed by atoms with Crippen LogP contribution in [0.25, 0.3) is 0 Å². The number of nitrogens with zero attached hydrogens (tertiary/aromatic N) is 1. The molecular weight excluding hydrogens is 342 g/mol. The van der Waals surface area contributed by atoms with Gasteiger partial charge in [-0.15, -0.1) is 0 Å². The van der Waals surface area contributed by atoms with E-state index in [-0.39, 0.29) is 10.00 Å². The summed E-state index contributed by atoms with van der Waals surface area (Å²) >= 11 is 6.86. The molecule has 0 aromatic rings. The van der Waals surface area contributed by atoms with Crippen LogP contribution in [0.5, 0.6) is 0 Å². The zero-order chi connectivity index (χ0) is 12.8. The predicted octanol–water partition coefficient (Wildman–Crippen LogP) is 2.15. The lowest BCUT2D eigenvalue weighted by Gasteiger charge is -2.21. The topological polar surface area (TPSA) is 37.1 Å². The molecule has 0 amide bonds. The number of alkyl halides is 1. The maximum Gasteiger partial charge on any atom is 0.270 e. The Morgan fingerprint density at radius 1 is 1.47 bits per heavy atom. The molecule has 3 atom stereocenters. The number of thioether (sulfide) groups is 2. The van der Waals surface area contributed by atoms with Gasteiger partial charge in [0.2, 0.25) is 0 Å². The molecule has 2 fully saturated rings. The SMILES string of the molecule is CC[N+](CC)=C1S[C@H]2CS(=O)(=O)[C@H](Br)[C@]2(C)S1. The van der Waals surface area contributed by atoms with E-state index in [0.717, 1.165) is 13.1 Å². The van der Waals surface area contributed by atoms with Crippen LogP contribution in [0.3, 0.4) is 0 Å². The number of halogens is 1. The summed E-state index contributed by atoms with van der Waals surface area (Å²) in [6.45, 7) is 8.30. The summed E-state index contributed by atoms with van der Waals surface area (Å²) in [4.78, 5) is 0. The van der Waals surface area contributed by atoms with Crippen molar-refractivity contribution in [2.24, 2.45) is 0 Å². The first-order chi connectivity index (χ1) is 7.85. The van der Waals surface area contributed by atoms with E-state index in [1.165, 1.54) is 4.38 Å². The monoisotopic (exact) mass is 358 g/mol. The maximum atomic E-state index is 11.9.